The summed E-state index contributed by atoms with van der Waals surface area (Å²) in [5.74, 6) is 2.14. The molecule has 3 rings (SSSR count). The average Bonchev–Trinajstić information content (AvgIpc) is 3.07. The van der Waals surface area contributed by atoms with E-state index in [-0.39, 0.29) is 12.3 Å². The highest BCUT2D eigenvalue weighted by Crippen LogP contribution is 2.22. The number of nitrogens with one attached hydrogen (secondary N) is 1. The molecule has 0 atom stereocenters. The summed E-state index contributed by atoms with van der Waals surface area (Å²) < 4.78 is 17.3. The minimum atomic E-state index is 0.134. The predicted octanol–water partition coefficient (Wildman–Crippen LogP) is 4.51. The van der Waals surface area contributed by atoms with Gasteiger partial charge in [0.2, 0.25) is 17.5 Å². The number of ether oxygens (including phenoxy) is 2. The molecule has 0 saturated heterocycles. The smallest absolute Gasteiger partial charge is 0.236 e. The van der Waals surface area contributed by atoms with E-state index in [0.717, 1.165) is 15.8 Å². The summed E-state index contributed by atoms with van der Waals surface area (Å²) in [7, 11) is 1.62. The van der Waals surface area contributed by atoms with Crippen molar-refractivity contribution in [3.05, 3.63) is 70.2 Å². The Morgan fingerprint density at radius 3 is 2.69 bits per heavy atom. The molecule has 0 spiro atoms. The lowest BCUT2D eigenvalue weighted by atomic mass is 10.2. The lowest BCUT2D eigenvalue weighted by Gasteiger charge is -2.05. The Morgan fingerprint density at radius 1 is 1.19 bits per heavy atom. The van der Waals surface area contributed by atoms with Gasteiger partial charge >= 0.3 is 0 Å². The first-order valence-electron chi connectivity index (χ1n) is 7.83. The first-order valence-corrected chi connectivity index (χ1v) is 8.62. The van der Waals surface area contributed by atoms with Crippen molar-refractivity contribution in [1.29, 1.82) is 5.26 Å². The zero-order valence-corrected chi connectivity index (χ0v) is 15.6. The number of nitrogens with zero attached hydrogens (tertiary/aromatic N) is 2. The van der Waals surface area contributed by atoms with Crippen molar-refractivity contribution in [3.63, 3.8) is 0 Å². The number of oxazole rings is 1. The van der Waals surface area contributed by atoms with E-state index in [2.05, 4.69) is 26.2 Å². The summed E-state index contributed by atoms with van der Waals surface area (Å²) in [4.78, 5) is 4.16. The second-order valence-corrected chi connectivity index (χ2v) is 6.26. The van der Waals surface area contributed by atoms with Gasteiger partial charge in [0.25, 0.3) is 0 Å². The third-order valence-electron chi connectivity index (χ3n) is 3.55. The fraction of sp³-hybridized carbons (Fsp3) is 0.158. The van der Waals surface area contributed by atoms with Gasteiger partial charge in [-0.25, -0.2) is 0 Å². The number of anilines is 1. The highest BCUT2D eigenvalue weighted by molar-refractivity contribution is 9.10. The number of hydrogen-bond acceptors (Lipinski definition) is 6. The zero-order chi connectivity index (χ0) is 18.4. The Balaban J connectivity index is 1.63. The molecule has 2 aromatic carbocycles. The van der Waals surface area contributed by atoms with E-state index < -0.39 is 0 Å². The van der Waals surface area contributed by atoms with Crippen molar-refractivity contribution in [2.24, 2.45) is 0 Å². The van der Waals surface area contributed by atoms with Gasteiger partial charge in [-0.05, 0) is 35.9 Å². The summed E-state index contributed by atoms with van der Waals surface area (Å²) in [6, 6.07) is 17.1. The molecule has 132 valence electrons. The fourth-order valence-electron chi connectivity index (χ4n) is 2.25. The molecule has 0 unspecified atom stereocenters. The van der Waals surface area contributed by atoms with Crippen molar-refractivity contribution in [2.45, 2.75) is 13.2 Å². The van der Waals surface area contributed by atoms with Crippen LogP contribution in [0.5, 0.6) is 11.5 Å². The van der Waals surface area contributed by atoms with Gasteiger partial charge in [0, 0.05) is 11.0 Å². The molecule has 0 aliphatic rings. The average molecular weight is 414 g/mol. The highest BCUT2D eigenvalue weighted by atomic mass is 79.9. The van der Waals surface area contributed by atoms with Crippen LogP contribution in [-0.4, -0.2) is 12.1 Å². The van der Waals surface area contributed by atoms with Gasteiger partial charge in [0.05, 0.1) is 7.11 Å². The van der Waals surface area contributed by atoms with Crippen LogP contribution in [0.25, 0.3) is 0 Å². The molecule has 0 fully saturated rings. The number of methoxy groups -OCH3 is 1. The topological polar surface area (TPSA) is 80.3 Å². The molecule has 1 heterocycles. The van der Waals surface area contributed by atoms with Crippen molar-refractivity contribution in [1.82, 2.24) is 4.98 Å². The maximum atomic E-state index is 9.24. The number of rotatable bonds is 7. The molecule has 6 nitrogen and oxygen atoms in total. The first-order chi connectivity index (χ1) is 12.7. The predicted molar refractivity (Wildman–Crippen MR) is 100 cm³/mol. The van der Waals surface area contributed by atoms with E-state index in [1.807, 2.05) is 54.6 Å². The molecule has 0 amide bonds. The van der Waals surface area contributed by atoms with Crippen LogP contribution in [0.15, 0.2) is 57.4 Å². The third-order valence-corrected chi connectivity index (χ3v) is 4.04. The number of aromatic nitrogens is 1. The first kappa shape index (κ1) is 17.8. The van der Waals surface area contributed by atoms with Crippen LogP contribution in [0, 0.1) is 11.3 Å². The van der Waals surface area contributed by atoms with Crippen molar-refractivity contribution < 1.29 is 13.9 Å². The SMILES string of the molecule is COc1ccc(CNc2oc(COc3cccc(Br)c3)nc2C#N)cc1. The summed E-state index contributed by atoms with van der Waals surface area (Å²) in [5, 5.41) is 12.3. The maximum absolute atomic E-state index is 9.24. The van der Waals surface area contributed by atoms with Gasteiger partial charge in [-0.1, -0.05) is 34.1 Å². The number of nitriles is 1. The molecule has 26 heavy (non-hydrogen) atoms. The van der Waals surface area contributed by atoms with E-state index in [9.17, 15) is 5.26 Å². The lowest BCUT2D eigenvalue weighted by molar-refractivity contribution is 0.264. The highest BCUT2D eigenvalue weighted by Gasteiger charge is 2.13. The summed E-state index contributed by atoms with van der Waals surface area (Å²) in [5.41, 5.74) is 1.23. The molecule has 1 aromatic heterocycles. The molecule has 7 heteroatoms. The number of hydrogen-bond donors (Lipinski definition) is 1. The fourth-order valence-corrected chi connectivity index (χ4v) is 2.63. The monoisotopic (exact) mass is 413 g/mol. The van der Waals surface area contributed by atoms with Gasteiger partial charge < -0.3 is 19.2 Å². The Morgan fingerprint density at radius 2 is 2.00 bits per heavy atom. The van der Waals surface area contributed by atoms with Gasteiger partial charge in [-0.3, -0.25) is 0 Å². The summed E-state index contributed by atoms with van der Waals surface area (Å²) >= 11 is 3.39. The van der Waals surface area contributed by atoms with E-state index >= 15 is 0 Å². The van der Waals surface area contributed by atoms with Crippen LogP contribution in [0.3, 0.4) is 0 Å². The van der Waals surface area contributed by atoms with E-state index in [1.54, 1.807) is 7.11 Å². The van der Waals surface area contributed by atoms with Crippen LogP contribution in [0.2, 0.25) is 0 Å². The van der Waals surface area contributed by atoms with E-state index in [4.69, 9.17) is 13.9 Å². The van der Waals surface area contributed by atoms with Gasteiger partial charge in [0.1, 0.15) is 17.6 Å². The largest absolute Gasteiger partial charge is 0.497 e. The van der Waals surface area contributed by atoms with Crippen LogP contribution < -0.4 is 14.8 Å². The minimum absolute atomic E-state index is 0.134. The van der Waals surface area contributed by atoms with Gasteiger partial charge in [-0.2, -0.15) is 10.2 Å². The Hall–Kier alpha value is -2.98. The molecule has 0 aliphatic carbocycles. The molecule has 0 saturated carbocycles. The van der Waals surface area contributed by atoms with Crippen molar-refractivity contribution in [2.75, 3.05) is 12.4 Å². The molecular weight excluding hydrogens is 398 g/mol. The Bertz CT molecular complexity index is 917. The molecular formula is C19H16BrN3O3. The van der Waals surface area contributed by atoms with Crippen LogP contribution in [0.1, 0.15) is 17.1 Å². The summed E-state index contributed by atoms with van der Waals surface area (Å²) in [6.45, 7) is 0.634. The van der Waals surface area contributed by atoms with E-state index in [0.29, 0.717) is 24.1 Å². The molecule has 3 aromatic rings. The Kier molecular flexibility index (Phi) is 5.77. The van der Waals surface area contributed by atoms with E-state index in [1.165, 1.54) is 0 Å². The van der Waals surface area contributed by atoms with Crippen LogP contribution in [0.4, 0.5) is 5.88 Å². The standard InChI is InChI=1S/C19H16BrN3O3/c1-24-15-7-5-13(6-8-15)11-22-19-17(10-21)23-18(26-19)12-25-16-4-2-3-14(20)9-16/h2-9,22H,11-12H2,1H3. The van der Waals surface area contributed by atoms with Gasteiger partial charge in [0.15, 0.2) is 6.61 Å². The van der Waals surface area contributed by atoms with Crippen molar-refractivity contribution in [3.8, 4) is 17.6 Å². The maximum Gasteiger partial charge on any atom is 0.236 e. The lowest BCUT2D eigenvalue weighted by Crippen LogP contribution is -1.99. The normalized spacial score (nSPS) is 10.2. The summed E-state index contributed by atoms with van der Waals surface area (Å²) in [6.07, 6.45) is 0. The molecule has 1 N–H and O–H groups in total. The Labute approximate surface area is 159 Å². The minimum Gasteiger partial charge on any atom is -0.497 e. The molecule has 0 bridgehead atoms. The second kappa shape index (κ2) is 8.41. The van der Waals surface area contributed by atoms with Crippen molar-refractivity contribution >= 4 is 21.8 Å². The number of halogens is 1. The number of benzene rings is 2. The van der Waals surface area contributed by atoms with Crippen LogP contribution >= 0.6 is 15.9 Å². The quantitative estimate of drug-likeness (QED) is 0.613. The van der Waals surface area contributed by atoms with Gasteiger partial charge in [-0.15, -0.1) is 0 Å². The molecule has 0 radical (unpaired) electrons. The second-order valence-electron chi connectivity index (χ2n) is 5.34. The molecule has 0 aliphatic heterocycles. The zero-order valence-electron chi connectivity index (χ0n) is 14.0. The van der Waals surface area contributed by atoms with Crippen LogP contribution in [-0.2, 0) is 13.2 Å². The third kappa shape index (κ3) is 4.55.